The summed E-state index contributed by atoms with van der Waals surface area (Å²) in [7, 11) is 0. The largest absolute Gasteiger partial charge is 0.456 e. The molecule has 0 spiro atoms. The normalized spacial score (nSPS) is 13.7. The number of ether oxygens (including phenoxy) is 1. The molecule has 1 atom stereocenters. The molecule has 0 rings (SSSR count). The molecule has 0 aromatic heterocycles. The Hall–Kier alpha value is -1.47. The zero-order chi connectivity index (χ0) is 17.7. The Morgan fingerprint density at radius 1 is 1.05 bits per heavy atom. The lowest BCUT2D eigenvalue weighted by atomic mass is 10.0. The fourth-order valence-corrected chi connectivity index (χ4v) is 1.45. The Balaban J connectivity index is 4.79. The quantitative estimate of drug-likeness (QED) is 0.546. The van der Waals surface area contributed by atoms with Gasteiger partial charge in [-0.05, 0) is 40.0 Å². The summed E-state index contributed by atoms with van der Waals surface area (Å²) in [5, 5.41) is 2.57. The van der Waals surface area contributed by atoms with Gasteiger partial charge in [0.2, 0.25) is 5.91 Å². The molecule has 0 aliphatic carbocycles. The molecule has 1 amide bonds. The summed E-state index contributed by atoms with van der Waals surface area (Å²) in [5.41, 5.74) is 9.16. The van der Waals surface area contributed by atoms with Crippen LogP contribution in [0.5, 0.6) is 0 Å². The number of carbonyl (C=O) groups excluding carboxylic acids is 3. The number of hydrogen-bond acceptors (Lipinski definition) is 6. The van der Waals surface area contributed by atoms with Gasteiger partial charge in [0.15, 0.2) is 12.4 Å². The first kappa shape index (κ1) is 20.5. The van der Waals surface area contributed by atoms with E-state index in [2.05, 4.69) is 5.32 Å². The Labute approximate surface area is 132 Å². The van der Waals surface area contributed by atoms with Crippen LogP contribution < -0.4 is 16.8 Å². The lowest BCUT2D eigenvalue weighted by molar-refractivity contribution is -0.152. The Kier molecular flexibility index (Phi) is 7.18. The minimum absolute atomic E-state index is 0.153. The number of esters is 1. The molecular weight excluding hydrogens is 286 g/mol. The van der Waals surface area contributed by atoms with Gasteiger partial charge in [0, 0.05) is 0 Å². The molecule has 0 aromatic carbocycles. The van der Waals surface area contributed by atoms with Crippen molar-refractivity contribution < 1.29 is 19.1 Å². The van der Waals surface area contributed by atoms with Crippen molar-refractivity contribution in [2.45, 2.75) is 65.1 Å². The predicted octanol–water partition coefficient (Wildman–Crippen LogP) is 0.104. The number of ketones is 1. The summed E-state index contributed by atoms with van der Waals surface area (Å²) in [4.78, 5) is 35.7. The molecule has 7 heteroatoms. The van der Waals surface area contributed by atoms with E-state index in [4.69, 9.17) is 16.2 Å². The molecule has 0 radical (unpaired) electrons. The van der Waals surface area contributed by atoms with E-state index in [-0.39, 0.29) is 5.92 Å². The van der Waals surface area contributed by atoms with Gasteiger partial charge >= 0.3 is 5.97 Å². The van der Waals surface area contributed by atoms with Crippen LogP contribution in [0.2, 0.25) is 0 Å². The molecule has 7 nitrogen and oxygen atoms in total. The first-order valence-electron chi connectivity index (χ1n) is 7.33. The van der Waals surface area contributed by atoms with Crippen molar-refractivity contribution in [3.63, 3.8) is 0 Å². The summed E-state index contributed by atoms with van der Waals surface area (Å²) < 4.78 is 4.98. The van der Waals surface area contributed by atoms with E-state index in [1.165, 1.54) is 13.8 Å². The molecule has 128 valence electrons. The molecule has 5 N–H and O–H groups in total. The minimum Gasteiger partial charge on any atom is -0.456 e. The monoisotopic (exact) mass is 315 g/mol. The van der Waals surface area contributed by atoms with E-state index in [9.17, 15) is 14.4 Å². The number of hydrogen-bond donors (Lipinski definition) is 3. The first-order valence-corrected chi connectivity index (χ1v) is 7.33. The highest BCUT2D eigenvalue weighted by molar-refractivity contribution is 5.92. The second-order valence-electron chi connectivity index (χ2n) is 7.13. The molecule has 0 heterocycles. The van der Waals surface area contributed by atoms with Gasteiger partial charge in [0.25, 0.3) is 0 Å². The molecule has 22 heavy (non-hydrogen) atoms. The SMILES string of the molecule is CC(C)C[C@H](NC(=O)C(C)(C)N)C(=O)OCC(=O)C(C)(C)N. The van der Waals surface area contributed by atoms with E-state index in [0.717, 1.165) is 0 Å². The molecule has 0 fully saturated rings. The van der Waals surface area contributed by atoms with Crippen molar-refractivity contribution >= 4 is 17.7 Å². The third-order valence-electron chi connectivity index (χ3n) is 2.95. The topological polar surface area (TPSA) is 125 Å². The van der Waals surface area contributed by atoms with Crippen LogP contribution in [0.4, 0.5) is 0 Å². The maximum atomic E-state index is 12.1. The van der Waals surface area contributed by atoms with E-state index in [1.54, 1.807) is 13.8 Å². The van der Waals surface area contributed by atoms with Crippen molar-refractivity contribution in [1.82, 2.24) is 5.32 Å². The van der Waals surface area contributed by atoms with Crippen LogP contribution in [0.15, 0.2) is 0 Å². The van der Waals surface area contributed by atoms with Crippen LogP contribution in [-0.2, 0) is 19.1 Å². The first-order chi connectivity index (χ1) is 9.75. The number of amides is 1. The van der Waals surface area contributed by atoms with Crippen LogP contribution in [0.3, 0.4) is 0 Å². The summed E-state index contributed by atoms with van der Waals surface area (Å²) in [6.07, 6.45) is 0.390. The Morgan fingerprint density at radius 2 is 1.55 bits per heavy atom. The van der Waals surface area contributed by atoms with Gasteiger partial charge in [-0.1, -0.05) is 13.8 Å². The van der Waals surface area contributed by atoms with Gasteiger partial charge in [-0.3, -0.25) is 9.59 Å². The van der Waals surface area contributed by atoms with E-state index in [0.29, 0.717) is 6.42 Å². The van der Waals surface area contributed by atoms with Gasteiger partial charge in [-0.25, -0.2) is 4.79 Å². The maximum absolute atomic E-state index is 12.1. The number of nitrogens with one attached hydrogen (secondary N) is 1. The fourth-order valence-electron chi connectivity index (χ4n) is 1.45. The van der Waals surface area contributed by atoms with Crippen molar-refractivity contribution in [3.05, 3.63) is 0 Å². The zero-order valence-electron chi connectivity index (χ0n) is 14.4. The van der Waals surface area contributed by atoms with Gasteiger partial charge in [-0.2, -0.15) is 0 Å². The van der Waals surface area contributed by atoms with Crippen LogP contribution in [-0.4, -0.2) is 41.4 Å². The number of Topliss-reactive ketones (excluding diaryl/α,β-unsaturated/α-hetero) is 1. The molecule has 0 bridgehead atoms. The van der Waals surface area contributed by atoms with Crippen LogP contribution >= 0.6 is 0 Å². The average Bonchev–Trinajstić information content (AvgIpc) is 2.31. The lowest BCUT2D eigenvalue weighted by Crippen LogP contribution is -2.54. The van der Waals surface area contributed by atoms with Crippen LogP contribution in [0.25, 0.3) is 0 Å². The second kappa shape index (κ2) is 7.69. The second-order valence-corrected chi connectivity index (χ2v) is 7.13. The predicted molar refractivity (Wildman–Crippen MR) is 83.9 cm³/mol. The van der Waals surface area contributed by atoms with Crippen LogP contribution in [0, 0.1) is 5.92 Å². The number of carbonyl (C=O) groups is 3. The van der Waals surface area contributed by atoms with Crippen molar-refractivity contribution in [2.75, 3.05) is 6.61 Å². The van der Waals surface area contributed by atoms with E-state index in [1.807, 2.05) is 13.8 Å². The molecule has 0 aliphatic rings. The van der Waals surface area contributed by atoms with E-state index >= 15 is 0 Å². The fraction of sp³-hybridized carbons (Fsp3) is 0.800. The molecular formula is C15H29N3O4. The minimum atomic E-state index is -1.11. The smallest absolute Gasteiger partial charge is 0.329 e. The molecule has 0 saturated heterocycles. The third kappa shape index (κ3) is 7.51. The third-order valence-corrected chi connectivity index (χ3v) is 2.95. The van der Waals surface area contributed by atoms with Crippen molar-refractivity contribution in [1.29, 1.82) is 0 Å². The molecule has 0 unspecified atom stereocenters. The highest BCUT2D eigenvalue weighted by Gasteiger charge is 2.30. The Bertz CT molecular complexity index is 419. The molecule has 0 aromatic rings. The number of rotatable bonds is 8. The van der Waals surface area contributed by atoms with Crippen molar-refractivity contribution in [3.8, 4) is 0 Å². The molecule has 0 aliphatic heterocycles. The summed E-state index contributed by atoms with van der Waals surface area (Å²) in [5.74, 6) is -1.36. The summed E-state index contributed by atoms with van der Waals surface area (Å²) in [6, 6.07) is -0.844. The van der Waals surface area contributed by atoms with E-state index < -0.39 is 41.4 Å². The average molecular weight is 315 g/mol. The van der Waals surface area contributed by atoms with Gasteiger partial charge < -0.3 is 21.5 Å². The Morgan fingerprint density at radius 3 is 1.91 bits per heavy atom. The highest BCUT2D eigenvalue weighted by Crippen LogP contribution is 2.09. The van der Waals surface area contributed by atoms with Gasteiger partial charge in [0.1, 0.15) is 6.04 Å². The van der Waals surface area contributed by atoms with Crippen molar-refractivity contribution in [2.24, 2.45) is 17.4 Å². The maximum Gasteiger partial charge on any atom is 0.329 e. The zero-order valence-corrected chi connectivity index (χ0v) is 14.4. The number of nitrogens with two attached hydrogens (primary N) is 2. The summed E-state index contributed by atoms with van der Waals surface area (Å²) >= 11 is 0. The standard InChI is InChI=1S/C15H29N3O4/c1-9(2)7-10(18-13(21)15(5,6)17)12(20)22-8-11(19)14(3,4)16/h9-10H,7-8,16-17H2,1-6H3,(H,18,21)/t10-/m0/s1. The molecule has 0 saturated carbocycles. The van der Waals surface area contributed by atoms with Gasteiger partial charge in [-0.15, -0.1) is 0 Å². The highest BCUT2D eigenvalue weighted by atomic mass is 16.5. The summed E-state index contributed by atoms with van der Waals surface area (Å²) in [6.45, 7) is 9.56. The lowest BCUT2D eigenvalue weighted by Gasteiger charge is -2.24. The van der Waals surface area contributed by atoms with Crippen LogP contribution in [0.1, 0.15) is 48.0 Å². The van der Waals surface area contributed by atoms with Gasteiger partial charge in [0.05, 0.1) is 11.1 Å².